The van der Waals surface area contributed by atoms with Crippen molar-refractivity contribution in [3.8, 4) is 11.5 Å². The minimum absolute atomic E-state index is 0.334. The first-order valence-electron chi connectivity index (χ1n) is 6.09. The van der Waals surface area contributed by atoms with Crippen LogP contribution in [0, 0.1) is 0 Å². The van der Waals surface area contributed by atoms with Crippen LogP contribution in [0.15, 0.2) is 24.3 Å². The molecule has 0 aliphatic heterocycles. The quantitative estimate of drug-likeness (QED) is 0.700. The van der Waals surface area contributed by atoms with E-state index in [0.717, 1.165) is 18.6 Å². The van der Waals surface area contributed by atoms with E-state index in [1.807, 2.05) is 0 Å². The standard InChI is InChI=1S/C14H20O4/c1-4-5-6-13(14(15)17-3)18-12-9-7-11(16-2)8-10-12/h7-10,13H,4-6H2,1-3H3/t13-/m1/s1. The van der Waals surface area contributed by atoms with Crippen molar-refractivity contribution in [3.63, 3.8) is 0 Å². The Bertz CT molecular complexity index is 359. The van der Waals surface area contributed by atoms with Crippen molar-refractivity contribution in [2.45, 2.75) is 32.3 Å². The lowest BCUT2D eigenvalue weighted by atomic mass is 10.1. The lowest BCUT2D eigenvalue weighted by Crippen LogP contribution is -2.28. The molecule has 0 heterocycles. The Morgan fingerprint density at radius 2 is 1.78 bits per heavy atom. The highest BCUT2D eigenvalue weighted by Gasteiger charge is 2.20. The molecule has 0 radical (unpaired) electrons. The molecule has 1 aromatic carbocycles. The van der Waals surface area contributed by atoms with Gasteiger partial charge in [0.2, 0.25) is 0 Å². The van der Waals surface area contributed by atoms with Crippen molar-refractivity contribution >= 4 is 5.97 Å². The average molecular weight is 252 g/mol. The second-order valence-electron chi connectivity index (χ2n) is 3.95. The summed E-state index contributed by atoms with van der Waals surface area (Å²) in [6.45, 7) is 2.07. The fourth-order valence-corrected chi connectivity index (χ4v) is 1.56. The van der Waals surface area contributed by atoms with Crippen LogP contribution in [-0.4, -0.2) is 26.3 Å². The zero-order chi connectivity index (χ0) is 13.4. The largest absolute Gasteiger partial charge is 0.497 e. The summed E-state index contributed by atoms with van der Waals surface area (Å²) in [4.78, 5) is 11.6. The first-order chi connectivity index (χ1) is 8.71. The molecule has 0 fully saturated rings. The molecule has 0 N–H and O–H groups in total. The Kier molecular flexibility index (Phi) is 6.05. The summed E-state index contributed by atoms with van der Waals surface area (Å²) in [7, 11) is 2.98. The molecule has 1 aromatic rings. The molecule has 0 aliphatic rings. The van der Waals surface area contributed by atoms with Crippen LogP contribution in [0.2, 0.25) is 0 Å². The van der Waals surface area contributed by atoms with Gasteiger partial charge in [0.15, 0.2) is 6.10 Å². The molecular formula is C14H20O4. The number of rotatable bonds is 7. The minimum atomic E-state index is -0.539. The number of benzene rings is 1. The smallest absolute Gasteiger partial charge is 0.347 e. The zero-order valence-corrected chi connectivity index (χ0v) is 11.1. The maximum atomic E-state index is 11.6. The fourth-order valence-electron chi connectivity index (χ4n) is 1.56. The first kappa shape index (κ1) is 14.4. The topological polar surface area (TPSA) is 44.8 Å². The van der Waals surface area contributed by atoms with Gasteiger partial charge in [0.25, 0.3) is 0 Å². The molecule has 1 atom stereocenters. The van der Waals surface area contributed by atoms with Crippen LogP contribution in [0.25, 0.3) is 0 Å². The summed E-state index contributed by atoms with van der Waals surface area (Å²) in [6, 6.07) is 7.15. The monoisotopic (exact) mass is 252 g/mol. The van der Waals surface area contributed by atoms with E-state index >= 15 is 0 Å². The molecule has 0 aliphatic carbocycles. The molecule has 18 heavy (non-hydrogen) atoms. The Balaban J connectivity index is 2.65. The van der Waals surface area contributed by atoms with E-state index < -0.39 is 6.10 Å². The fraction of sp³-hybridized carbons (Fsp3) is 0.500. The lowest BCUT2D eigenvalue weighted by molar-refractivity contribution is -0.149. The number of unbranched alkanes of at least 4 members (excludes halogenated alkanes) is 1. The third-order valence-corrected chi connectivity index (χ3v) is 2.62. The van der Waals surface area contributed by atoms with Crippen molar-refractivity contribution in [3.05, 3.63) is 24.3 Å². The van der Waals surface area contributed by atoms with Gasteiger partial charge in [0.1, 0.15) is 11.5 Å². The van der Waals surface area contributed by atoms with Crippen molar-refractivity contribution < 1.29 is 19.0 Å². The maximum absolute atomic E-state index is 11.6. The zero-order valence-electron chi connectivity index (χ0n) is 11.1. The van der Waals surface area contributed by atoms with Crippen molar-refractivity contribution in [1.82, 2.24) is 0 Å². The van der Waals surface area contributed by atoms with Crippen molar-refractivity contribution in [1.29, 1.82) is 0 Å². The van der Waals surface area contributed by atoms with Gasteiger partial charge in [-0.2, -0.15) is 0 Å². The molecular weight excluding hydrogens is 232 g/mol. The molecule has 0 aromatic heterocycles. The van der Waals surface area contributed by atoms with Crippen molar-refractivity contribution in [2.75, 3.05) is 14.2 Å². The summed E-state index contributed by atoms with van der Waals surface area (Å²) >= 11 is 0. The molecule has 0 bridgehead atoms. The second-order valence-corrected chi connectivity index (χ2v) is 3.95. The number of ether oxygens (including phenoxy) is 3. The highest BCUT2D eigenvalue weighted by Crippen LogP contribution is 2.20. The molecule has 4 nitrogen and oxygen atoms in total. The Labute approximate surface area is 108 Å². The van der Waals surface area contributed by atoms with Gasteiger partial charge in [-0.05, 0) is 37.1 Å². The number of carbonyl (C=O) groups is 1. The van der Waals surface area contributed by atoms with Crippen LogP contribution in [0.5, 0.6) is 11.5 Å². The van der Waals surface area contributed by atoms with Gasteiger partial charge in [-0.1, -0.05) is 13.3 Å². The maximum Gasteiger partial charge on any atom is 0.347 e. The van der Waals surface area contributed by atoms with E-state index in [1.165, 1.54) is 7.11 Å². The van der Waals surface area contributed by atoms with E-state index in [0.29, 0.717) is 12.2 Å². The van der Waals surface area contributed by atoms with Crippen LogP contribution < -0.4 is 9.47 Å². The third kappa shape index (κ3) is 4.28. The van der Waals surface area contributed by atoms with E-state index in [2.05, 4.69) is 6.92 Å². The molecule has 4 heteroatoms. The van der Waals surface area contributed by atoms with Crippen LogP contribution in [0.4, 0.5) is 0 Å². The molecule has 1 rings (SSSR count). The molecule has 0 spiro atoms. The number of carbonyl (C=O) groups excluding carboxylic acids is 1. The molecule has 100 valence electrons. The van der Waals surface area contributed by atoms with Crippen LogP contribution >= 0.6 is 0 Å². The number of methoxy groups -OCH3 is 2. The predicted molar refractivity (Wildman–Crippen MR) is 69.0 cm³/mol. The molecule has 0 saturated carbocycles. The lowest BCUT2D eigenvalue weighted by Gasteiger charge is -2.16. The Morgan fingerprint density at radius 3 is 2.28 bits per heavy atom. The van der Waals surface area contributed by atoms with Gasteiger partial charge >= 0.3 is 5.97 Å². The van der Waals surface area contributed by atoms with Gasteiger partial charge in [-0.25, -0.2) is 4.79 Å². The van der Waals surface area contributed by atoms with Gasteiger partial charge in [-0.3, -0.25) is 0 Å². The highest BCUT2D eigenvalue weighted by atomic mass is 16.6. The predicted octanol–water partition coefficient (Wildman–Crippen LogP) is 2.81. The number of esters is 1. The number of hydrogen-bond acceptors (Lipinski definition) is 4. The van der Waals surface area contributed by atoms with Gasteiger partial charge in [-0.15, -0.1) is 0 Å². The van der Waals surface area contributed by atoms with Gasteiger partial charge in [0.05, 0.1) is 14.2 Å². The van der Waals surface area contributed by atoms with E-state index in [1.54, 1.807) is 31.4 Å². The van der Waals surface area contributed by atoms with E-state index in [4.69, 9.17) is 14.2 Å². The summed E-state index contributed by atoms with van der Waals surface area (Å²) in [5, 5.41) is 0. The summed E-state index contributed by atoms with van der Waals surface area (Å²) in [5.74, 6) is 1.06. The third-order valence-electron chi connectivity index (χ3n) is 2.62. The van der Waals surface area contributed by atoms with Crippen LogP contribution in [0.1, 0.15) is 26.2 Å². The average Bonchev–Trinajstić information content (AvgIpc) is 2.43. The van der Waals surface area contributed by atoms with Gasteiger partial charge in [0, 0.05) is 0 Å². The van der Waals surface area contributed by atoms with Crippen LogP contribution in [-0.2, 0) is 9.53 Å². The van der Waals surface area contributed by atoms with Gasteiger partial charge < -0.3 is 14.2 Å². The minimum Gasteiger partial charge on any atom is -0.497 e. The Hall–Kier alpha value is -1.71. The van der Waals surface area contributed by atoms with Crippen LogP contribution in [0.3, 0.4) is 0 Å². The molecule has 0 unspecified atom stereocenters. The normalized spacial score (nSPS) is 11.7. The first-order valence-corrected chi connectivity index (χ1v) is 6.09. The summed E-state index contributed by atoms with van der Waals surface area (Å²) in [5.41, 5.74) is 0. The molecule has 0 saturated heterocycles. The number of hydrogen-bond donors (Lipinski definition) is 0. The second kappa shape index (κ2) is 7.58. The van der Waals surface area contributed by atoms with Crippen molar-refractivity contribution in [2.24, 2.45) is 0 Å². The summed E-state index contributed by atoms with van der Waals surface area (Å²) < 4.78 is 15.4. The molecule has 0 amide bonds. The summed E-state index contributed by atoms with van der Waals surface area (Å²) in [6.07, 6.45) is 2.06. The Morgan fingerprint density at radius 1 is 1.17 bits per heavy atom. The van der Waals surface area contributed by atoms with E-state index in [9.17, 15) is 4.79 Å². The SMILES string of the molecule is CCCC[C@@H](Oc1ccc(OC)cc1)C(=O)OC. The highest BCUT2D eigenvalue weighted by molar-refractivity contribution is 5.74. The van der Waals surface area contributed by atoms with E-state index in [-0.39, 0.29) is 5.97 Å².